The topological polar surface area (TPSA) is 87.9 Å². The van der Waals surface area contributed by atoms with E-state index in [9.17, 15) is 14.9 Å². The van der Waals surface area contributed by atoms with Crippen LogP contribution in [0.15, 0.2) is 48.5 Å². The number of benzene rings is 2. The number of hydrogen-bond acceptors (Lipinski definition) is 6. The first-order valence-corrected chi connectivity index (χ1v) is 8.71. The minimum absolute atomic E-state index is 0.0816. The molecular weight excluding hydrogens is 348 g/mol. The third-order valence-corrected chi connectivity index (χ3v) is 4.53. The summed E-state index contributed by atoms with van der Waals surface area (Å²) in [5, 5.41) is 13.6. The fourth-order valence-corrected chi connectivity index (χ4v) is 3.09. The first-order valence-electron chi connectivity index (χ1n) is 8.71. The second-order valence-electron chi connectivity index (χ2n) is 6.29. The van der Waals surface area contributed by atoms with Crippen molar-refractivity contribution in [3.8, 4) is 5.75 Å². The monoisotopic (exact) mass is 370 g/mol. The molecule has 0 bridgehead atoms. The van der Waals surface area contributed by atoms with E-state index in [1.807, 2.05) is 18.2 Å². The van der Waals surface area contributed by atoms with Crippen molar-refractivity contribution in [1.82, 2.24) is 4.90 Å². The Morgan fingerprint density at radius 2 is 1.85 bits per heavy atom. The van der Waals surface area contributed by atoms with Crippen LogP contribution in [-0.4, -0.2) is 55.6 Å². The highest BCUT2D eigenvalue weighted by atomic mass is 16.6. The maximum Gasteiger partial charge on any atom is 0.273 e. The molecule has 1 aliphatic rings. The molecule has 8 heteroatoms. The van der Waals surface area contributed by atoms with Crippen LogP contribution in [0, 0.1) is 10.1 Å². The van der Waals surface area contributed by atoms with Crippen LogP contribution in [0.3, 0.4) is 0 Å². The number of nitrogens with one attached hydrogen (secondary N) is 1. The minimum atomic E-state index is -0.500. The predicted molar refractivity (Wildman–Crippen MR) is 103 cm³/mol. The molecule has 0 aromatic heterocycles. The number of piperazine rings is 1. The molecule has 0 unspecified atom stereocenters. The fraction of sp³-hybridized carbons (Fsp3) is 0.316. The van der Waals surface area contributed by atoms with Gasteiger partial charge in [0.1, 0.15) is 5.75 Å². The summed E-state index contributed by atoms with van der Waals surface area (Å²) in [6.07, 6.45) is 0. The predicted octanol–water partition coefficient (Wildman–Crippen LogP) is 2.36. The molecule has 0 aliphatic carbocycles. The molecule has 1 amide bonds. The summed E-state index contributed by atoms with van der Waals surface area (Å²) in [5.41, 5.74) is 1.54. The Hall–Kier alpha value is -3.13. The molecule has 0 radical (unpaired) electrons. The Morgan fingerprint density at radius 1 is 1.15 bits per heavy atom. The summed E-state index contributed by atoms with van der Waals surface area (Å²) >= 11 is 0. The molecule has 1 saturated heterocycles. The van der Waals surface area contributed by atoms with Crippen LogP contribution in [0.1, 0.15) is 0 Å². The lowest BCUT2D eigenvalue weighted by Crippen LogP contribution is -2.48. The van der Waals surface area contributed by atoms with E-state index in [1.54, 1.807) is 0 Å². The van der Waals surface area contributed by atoms with Gasteiger partial charge in [0.2, 0.25) is 5.91 Å². The number of amides is 1. The fourth-order valence-electron chi connectivity index (χ4n) is 3.09. The molecule has 142 valence electrons. The Labute approximate surface area is 157 Å². The summed E-state index contributed by atoms with van der Waals surface area (Å²) < 4.78 is 5.15. The van der Waals surface area contributed by atoms with E-state index in [4.69, 9.17) is 4.74 Å². The van der Waals surface area contributed by atoms with Gasteiger partial charge in [-0.2, -0.15) is 0 Å². The van der Waals surface area contributed by atoms with E-state index in [0.717, 1.165) is 26.2 Å². The Bertz CT molecular complexity index is 805. The molecule has 1 N–H and O–H groups in total. The Morgan fingerprint density at radius 3 is 2.48 bits per heavy atom. The highest BCUT2D eigenvalue weighted by molar-refractivity contribution is 5.94. The van der Waals surface area contributed by atoms with Gasteiger partial charge in [-0.1, -0.05) is 18.2 Å². The lowest BCUT2D eigenvalue weighted by atomic mass is 10.2. The van der Waals surface area contributed by atoms with Crippen LogP contribution < -0.4 is 15.0 Å². The first-order chi connectivity index (χ1) is 13.1. The van der Waals surface area contributed by atoms with Gasteiger partial charge in [-0.25, -0.2) is 0 Å². The number of nitro groups is 1. The van der Waals surface area contributed by atoms with Crippen LogP contribution in [-0.2, 0) is 4.79 Å². The average molecular weight is 370 g/mol. The molecule has 8 nitrogen and oxygen atoms in total. The van der Waals surface area contributed by atoms with Crippen LogP contribution in [0.25, 0.3) is 0 Å². The number of rotatable bonds is 6. The minimum Gasteiger partial charge on any atom is -0.494 e. The summed E-state index contributed by atoms with van der Waals surface area (Å²) in [4.78, 5) is 27.1. The normalized spacial score (nSPS) is 14.6. The number of anilines is 2. The quantitative estimate of drug-likeness (QED) is 0.620. The van der Waals surface area contributed by atoms with Gasteiger partial charge >= 0.3 is 0 Å². The van der Waals surface area contributed by atoms with Crippen molar-refractivity contribution in [1.29, 1.82) is 0 Å². The lowest BCUT2D eigenvalue weighted by molar-refractivity contribution is -0.384. The van der Waals surface area contributed by atoms with Crippen LogP contribution in [0.2, 0.25) is 0 Å². The molecular formula is C19H22N4O4. The zero-order valence-corrected chi connectivity index (χ0v) is 15.1. The van der Waals surface area contributed by atoms with E-state index >= 15 is 0 Å². The molecule has 2 aromatic rings. The van der Waals surface area contributed by atoms with Crippen LogP contribution >= 0.6 is 0 Å². The van der Waals surface area contributed by atoms with E-state index in [-0.39, 0.29) is 23.9 Å². The van der Waals surface area contributed by atoms with Crippen molar-refractivity contribution >= 4 is 23.0 Å². The van der Waals surface area contributed by atoms with Gasteiger partial charge in [0.15, 0.2) is 0 Å². The molecule has 0 spiro atoms. The second-order valence-corrected chi connectivity index (χ2v) is 6.29. The summed E-state index contributed by atoms with van der Waals surface area (Å²) in [6, 6.07) is 14.3. The number of carbonyl (C=O) groups is 1. The molecule has 0 atom stereocenters. The van der Waals surface area contributed by atoms with Crippen LogP contribution in [0.4, 0.5) is 17.1 Å². The summed E-state index contributed by atoms with van der Waals surface area (Å²) in [6.45, 7) is 3.57. The van der Waals surface area contributed by atoms with Gasteiger partial charge in [0.25, 0.3) is 5.69 Å². The molecule has 27 heavy (non-hydrogen) atoms. The number of non-ortho nitro benzene ring substituents is 1. The zero-order valence-electron chi connectivity index (χ0n) is 15.1. The Kier molecular flexibility index (Phi) is 5.87. The number of carbonyl (C=O) groups excluding carboxylic acids is 1. The standard InChI is InChI=1S/C19H22N4O4/c1-27-18-13-16(23(25)26)7-8-17(18)20-19(24)14-21-9-11-22(12-10-21)15-5-3-2-4-6-15/h2-8,13H,9-12,14H2,1H3,(H,20,24). The highest BCUT2D eigenvalue weighted by Gasteiger charge is 2.20. The first kappa shape index (κ1) is 18.7. The smallest absolute Gasteiger partial charge is 0.273 e. The van der Waals surface area contributed by atoms with Gasteiger partial charge in [-0.3, -0.25) is 19.8 Å². The van der Waals surface area contributed by atoms with E-state index in [2.05, 4.69) is 27.2 Å². The van der Waals surface area contributed by atoms with Gasteiger partial charge in [0.05, 0.1) is 30.3 Å². The van der Waals surface area contributed by atoms with Crippen molar-refractivity contribution in [2.45, 2.75) is 0 Å². The molecule has 0 saturated carbocycles. The molecule has 2 aromatic carbocycles. The number of nitrogens with zero attached hydrogens (tertiary/aromatic N) is 3. The second kappa shape index (κ2) is 8.50. The van der Waals surface area contributed by atoms with Crippen molar-refractivity contribution in [3.05, 3.63) is 58.6 Å². The maximum atomic E-state index is 12.4. The summed E-state index contributed by atoms with van der Waals surface area (Å²) in [7, 11) is 1.41. The molecule has 3 rings (SSSR count). The summed E-state index contributed by atoms with van der Waals surface area (Å²) in [5.74, 6) is 0.0989. The number of methoxy groups -OCH3 is 1. The average Bonchev–Trinajstić information content (AvgIpc) is 2.69. The van der Waals surface area contributed by atoms with E-state index in [1.165, 1.54) is 31.0 Å². The molecule has 1 aliphatic heterocycles. The SMILES string of the molecule is COc1cc([N+](=O)[O-])ccc1NC(=O)CN1CCN(c2ccccc2)CC1. The largest absolute Gasteiger partial charge is 0.494 e. The van der Waals surface area contributed by atoms with Crippen molar-refractivity contribution < 1.29 is 14.5 Å². The van der Waals surface area contributed by atoms with Crippen molar-refractivity contribution in [3.63, 3.8) is 0 Å². The van der Waals surface area contributed by atoms with Gasteiger partial charge in [-0.05, 0) is 18.2 Å². The maximum absolute atomic E-state index is 12.4. The number of nitro benzene ring substituents is 1. The third-order valence-electron chi connectivity index (χ3n) is 4.53. The number of para-hydroxylation sites is 1. The van der Waals surface area contributed by atoms with Gasteiger partial charge < -0.3 is 15.0 Å². The van der Waals surface area contributed by atoms with E-state index in [0.29, 0.717) is 5.69 Å². The molecule has 1 heterocycles. The Balaban J connectivity index is 1.54. The highest BCUT2D eigenvalue weighted by Crippen LogP contribution is 2.29. The zero-order chi connectivity index (χ0) is 19.2. The van der Waals surface area contributed by atoms with Crippen molar-refractivity contribution in [2.24, 2.45) is 0 Å². The third kappa shape index (κ3) is 4.73. The number of hydrogen-bond donors (Lipinski definition) is 1. The molecule has 1 fully saturated rings. The van der Waals surface area contributed by atoms with E-state index < -0.39 is 4.92 Å². The number of ether oxygens (including phenoxy) is 1. The van der Waals surface area contributed by atoms with Crippen LogP contribution in [0.5, 0.6) is 5.75 Å². The van der Waals surface area contributed by atoms with Gasteiger partial charge in [-0.15, -0.1) is 0 Å². The van der Waals surface area contributed by atoms with Crippen molar-refractivity contribution in [2.75, 3.05) is 50.1 Å². The van der Waals surface area contributed by atoms with Gasteiger partial charge in [0, 0.05) is 37.9 Å². The lowest BCUT2D eigenvalue weighted by Gasteiger charge is -2.35.